The van der Waals surface area contributed by atoms with Crippen molar-refractivity contribution < 1.29 is 0 Å². The molecule has 0 aliphatic carbocycles. The zero-order valence-electron chi connectivity index (χ0n) is 10.6. The van der Waals surface area contributed by atoms with E-state index in [1.807, 2.05) is 11.7 Å². The van der Waals surface area contributed by atoms with Gasteiger partial charge in [0, 0.05) is 43.8 Å². The standard InChI is InChI=1S/C13H18N4S/c1-16(8-12-9-18-10-15-12)6-11-2-3-13-14-4-5-17(13)7-11/h4-5,9-11H,2-3,6-8H2,1H3/t11-/m0/s1. The molecule has 0 spiro atoms. The number of rotatable bonds is 4. The van der Waals surface area contributed by atoms with Gasteiger partial charge in [0.25, 0.3) is 0 Å². The fourth-order valence-corrected chi connectivity index (χ4v) is 3.23. The number of thiazole rings is 1. The first-order valence-corrected chi connectivity index (χ1v) is 7.31. The molecule has 0 unspecified atom stereocenters. The van der Waals surface area contributed by atoms with Gasteiger partial charge in [-0.15, -0.1) is 11.3 Å². The minimum Gasteiger partial charge on any atom is -0.335 e. The van der Waals surface area contributed by atoms with E-state index in [0.717, 1.165) is 32.0 Å². The minimum atomic E-state index is 0.732. The third-order valence-electron chi connectivity index (χ3n) is 3.52. The number of aryl methyl sites for hydroxylation is 1. The van der Waals surface area contributed by atoms with Crippen LogP contribution in [0, 0.1) is 5.92 Å². The molecule has 96 valence electrons. The highest BCUT2D eigenvalue weighted by molar-refractivity contribution is 7.07. The SMILES string of the molecule is CN(Cc1cscn1)C[C@@H]1CCc2nccn2C1. The topological polar surface area (TPSA) is 34.0 Å². The lowest BCUT2D eigenvalue weighted by Gasteiger charge is -2.27. The molecular formula is C13H18N4S. The van der Waals surface area contributed by atoms with E-state index in [0.29, 0.717) is 0 Å². The Morgan fingerprint density at radius 3 is 3.28 bits per heavy atom. The van der Waals surface area contributed by atoms with Crippen molar-refractivity contribution in [2.75, 3.05) is 13.6 Å². The van der Waals surface area contributed by atoms with Crippen LogP contribution in [0.3, 0.4) is 0 Å². The maximum Gasteiger partial charge on any atom is 0.108 e. The number of hydrogen-bond acceptors (Lipinski definition) is 4. The van der Waals surface area contributed by atoms with Crippen molar-refractivity contribution in [1.82, 2.24) is 19.4 Å². The summed E-state index contributed by atoms with van der Waals surface area (Å²) in [6.45, 7) is 3.20. The van der Waals surface area contributed by atoms with Crippen molar-refractivity contribution >= 4 is 11.3 Å². The molecular weight excluding hydrogens is 244 g/mol. The molecule has 0 saturated carbocycles. The van der Waals surface area contributed by atoms with Crippen LogP contribution in [0.15, 0.2) is 23.3 Å². The van der Waals surface area contributed by atoms with Crippen molar-refractivity contribution in [2.24, 2.45) is 5.92 Å². The molecule has 0 saturated heterocycles. The van der Waals surface area contributed by atoms with Gasteiger partial charge in [0.1, 0.15) is 5.82 Å². The highest BCUT2D eigenvalue weighted by atomic mass is 32.1. The van der Waals surface area contributed by atoms with Crippen LogP contribution >= 0.6 is 11.3 Å². The van der Waals surface area contributed by atoms with E-state index in [4.69, 9.17) is 0 Å². The summed E-state index contributed by atoms with van der Waals surface area (Å²) in [5.74, 6) is 1.98. The molecule has 0 aromatic carbocycles. The van der Waals surface area contributed by atoms with Gasteiger partial charge in [-0.05, 0) is 19.4 Å². The predicted octanol–water partition coefficient (Wildman–Crippen LogP) is 2.03. The van der Waals surface area contributed by atoms with Gasteiger partial charge in [0.05, 0.1) is 11.2 Å². The van der Waals surface area contributed by atoms with Crippen LogP contribution in [0.2, 0.25) is 0 Å². The lowest BCUT2D eigenvalue weighted by atomic mass is 9.99. The average molecular weight is 262 g/mol. The van der Waals surface area contributed by atoms with Crippen molar-refractivity contribution in [3.63, 3.8) is 0 Å². The molecule has 0 bridgehead atoms. The number of fused-ring (bicyclic) bond motifs is 1. The summed E-state index contributed by atoms with van der Waals surface area (Å²) in [5, 5.41) is 2.13. The third-order valence-corrected chi connectivity index (χ3v) is 4.15. The highest BCUT2D eigenvalue weighted by Crippen LogP contribution is 2.19. The zero-order valence-corrected chi connectivity index (χ0v) is 11.4. The Kier molecular flexibility index (Phi) is 3.43. The van der Waals surface area contributed by atoms with Crippen LogP contribution < -0.4 is 0 Å². The van der Waals surface area contributed by atoms with E-state index in [9.17, 15) is 0 Å². The van der Waals surface area contributed by atoms with Crippen LogP contribution in [0.4, 0.5) is 0 Å². The summed E-state index contributed by atoms with van der Waals surface area (Å²) in [5.41, 5.74) is 3.09. The fourth-order valence-electron chi connectivity index (χ4n) is 2.68. The van der Waals surface area contributed by atoms with Gasteiger partial charge < -0.3 is 9.47 Å². The Hall–Kier alpha value is -1.20. The molecule has 1 atom stereocenters. The maximum absolute atomic E-state index is 4.37. The molecule has 3 heterocycles. The van der Waals surface area contributed by atoms with Gasteiger partial charge in [-0.1, -0.05) is 0 Å². The highest BCUT2D eigenvalue weighted by Gasteiger charge is 2.20. The molecule has 2 aromatic heterocycles. The first-order chi connectivity index (χ1) is 8.81. The van der Waals surface area contributed by atoms with Gasteiger partial charge in [-0.2, -0.15) is 0 Å². The second-order valence-electron chi connectivity index (χ2n) is 5.08. The summed E-state index contributed by atoms with van der Waals surface area (Å²) < 4.78 is 2.30. The van der Waals surface area contributed by atoms with E-state index >= 15 is 0 Å². The summed E-state index contributed by atoms with van der Waals surface area (Å²) >= 11 is 1.67. The van der Waals surface area contributed by atoms with Crippen LogP contribution in [0.1, 0.15) is 17.9 Å². The molecule has 0 radical (unpaired) electrons. The number of aromatic nitrogens is 3. The second-order valence-corrected chi connectivity index (χ2v) is 5.80. The lowest BCUT2D eigenvalue weighted by molar-refractivity contribution is 0.227. The zero-order chi connectivity index (χ0) is 12.4. The molecule has 0 N–H and O–H groups in total. The molecule has 0 amide bonds. The van der Waals surface area contributed by atoms with Gasteiger partial charge in [0.2, 0.25) is 0 Å². The van der Waals surface area contributed by atoms with Gasteiger partial charge >= 0.3 is 0 Å². The number of nitrogens with zero attached hydrogens (tertiary/aromatic N) is 4. The van der Waals surface area contributed by atoms with Crippen LogP contribution in [-0.2, 0) is 19.5 Å². The smallest absolute Gasteiger partial charge is 0.108 e. The number of imidazole rings is 1. The molecule has 1 aliphatic heterocycles. The maximum atomic E-state index is 4.37. The van der Waals surface area contributed by atoms with E-state index in [-0.39, 0.29) is 0 Å². The second kappa shape index (κ2) is 5.20. The molecule has 2 aromatic rings. The first-order valence-electron chi connectivity index (χ1n) is 6.37. The molecule has 5 heteroatoms. The van der Waals surface area contributed by atoms with Gasteiger partial charge in [0.15, 0.2) is 0 Å². The van der Waals surface area contributed by atoms with Crippen molar-refractivity contribution in [3.8, 4) is 0 Å². The Morgan fingerprint density at radius 1 is 1.50 bits per heavy atom. The van der Waals surface area contributed by atoms with Crippen LogP contribution in [0.25, 0.3) is 0 Å². The monoisotopic (exact) mass is 262 g/mol. The normalized spacial score (nSPS) is 19.1. The van der Waals surface area contributed by atoms with E-state index in [1.54, 1.807) is 11.3 Å². The van der Waals surface area contributed by atoms with Crippen molar-refractivity contribution in [2.45, 2.75) is 25.9 Å². The minimum absolute atomic E-state index is 0.732. The lowest BCUT2D eigenvalue weighted by Crippen LogP contribution is -2.31. The molecule has 0 fully saturated rings. The van der Waals surface area contributed by atoms with Crippen LogP contribution in [0.5, 0.6) is 0 Å². The number of hydrogen-bond donors (Lipinski definition) is 0. The van der Waals surface area contributed by atoms with E-state index in [2.05, 4.69) is 38.1 Å². The van der Waals surface area contributed by atoms with E-state index < -0.39 is 0 Å². The third kappa shape index (κ3) is 2.62. The summed E-state index contributed by atoms with van der Waals surface area (Å²) in [6, 6.07) is 0. The summed E-state index contributed by atoms with van der Waals surface area (Å²) in [7, 11) is 2.18. The molecule has 3 rings (SSSR count). The Morgan fingerprint density at radius 2 is 2.44 bits per heavy atom. The largest absolute Gasteiger partial charge is 0.335 e. The van der Waals surface area contributed by atoms with E-state index in [1.165, 1.54) is 17.9 Å². The average Bonchev–Trinajstić information content (AvgIpc) is 2.98. The quantitative estimate of drug-likeness (QED) is 0.845. The molecule has 1 aliphatic rings. The van der Waals surface area contributed by atoms with Crippen molar-refractivity contribution in [1.29, 1.82) is 0 Å². The van der Waals surface area contributed by atoms with Gasteiger partial charge in [-0.3, -0.25) is 0 Å². The Labute approximate surface area is 111 Å². The fraction of sp³-hybridized carbons (Fsp3) is 0.538. The van der Waals surface area contributed by atoms with Crippen molar-refractivity contribution in [3.05, 3.63) is 34.8 Å². The predicted molar refractivity (Wildman–Crippen MR) is 72.5 cm³/mol. The Balaban J connectivity index is 1.54. The molecule has 4 nitrogen and oxygen atoms in total. The first kappa shape index (κ1) is 11.9. The summed E-state index contributed by atoms with van der Waals surface area (Å²) in [4.78, 5) is 11.1. The van der Waals surface area contributed by atoms with Crippen LogP contribution in [-0.4, -0.2) is 33.0 Å². The van der Waals surface area contributed by atoms with Gasteiger partial charge in [-0.25, -0.2) is 9.97 Å². The summed E-state index contributed by atoms with van der Waals surface area (Å²) in [6.07, 6.45) is 6.37. The molecule has 18 heavy (non-hydrogen) atoms. The Bertz CT molecular complexity index is 491.